The number of carbonyl (C=O) groups excluding carboxylic acids is 1. The van der Waals surface area contributed by atoms with E-state index in [9.17, 15) is 9.59 Å². The first kappa shape index (κ1) is 27.8. The molecule has 1 atom stereocenters. The van der Waals surface area contributed by atoms with E-state index in [1.807, 2.05) is 68.4 Å². The van der Waals surface area contributed by atoms with Gasteiger partial charge in [-0.2, -0.15) is 0 Å². The maximum absolute atomic E-state index is 14.0. The predicted octanol–water partition coefficient (Wildman–Crippen LogP) is 6.41. The number of halogens is 2. The number of amides is 1. The first-order valence-corrected chi connectivity index (χ1v) is 13.5. The van der Waals surface area contributed by atoms with Gasteiger partial charge in [-0.3, -0.25) is 14.2 Å². The lowest BCUT2D eigenvalue weighted by Gasteiger charge is -2.33. The van der Waals surface area contributed by atoms with Gasteiger partial charge in [-0.1, -0.05) is 61.3 Å². The van der Waals surface area contributed by atoms with Gasteiger partial charge in [0, 0.05) is 18.7 Å². The first-order valence-electron chi connectivity index (χ1n) is 12.8. The molecule has 0 N–H and O–H groups in total. The Morgan fingerprint density at radius 3 is 2.29 bits per heavy atom. The maximum atomic E-state index is 14.0. The van der Waals surface area contributed by atoms with Crippen LogP contribution < -0.4 is 5.56 Å². The van der Waals surface area contributed by atoms with Gasteiger partial charge in [0.05, 0.1) is 32.7 Å². The molecule has 0 aliphatic rings. The highest BCUT2D eigenvalue weighted by atomic mass is 35.5. The molecular weight excluding hydrogens is 519 g/mol. The Kier molecular flexibility index (Phi) is 8.87. The van der Waals surface area contributed by atoms with Gasteiger partial charge in [-0.05, 0) is 75.0 Å². The summed E-state index contributed by atoms with van der Waals surface area (Å²) in [5.74, 6) is 0.320. The van der Waals surface area contributed by atoms with Crippen LogP contribution in [0.25, 0.3) is 16.6 Å². The van der Waals surface area contributed by atoms with Crippen LogP contribution in [0.5, 0.6) is 0 Å². The summed E-state index contributed by atoms with van der Waals surface area (Å²) in [6.45, 7) is 5.16. The molecule has 0 bridgehead atoms. The molecule has 38 heavy (non-hydrogen) atoms. The Bertz CT molecular complexity index is 1500. The van der Waals surface area contributed by atoms with Crippen LogP contribution >= 0.6 is 23.2 Å². The van der Waals surface area contributed by atoms with Gasteiger partial charge in [0.2, 0.25) is 0 Å². The Morgan fingerprint density at radius 1 is 0.947 bits per heavy atom. The minimum Gasteiger partial charge on any atom is -0.327 e. The van der Waals surface area contributed by atoms with Crippen molar-refractivity contribution in [2.75, 3.05) is 27.2 Å². The van der Waals surface area contributed by atoms with Crippen LogP contribution in [0, 0.1) is 0 Å². The normalized spacial score (nSPS) is 12.2. The van der Waals surface area contributed by atoms with Crippen LogP contribution in [0.2, 0.25) is 10.0 Å². The van der Waals surface area contributed by atoms with Crippen molar-refractivity contribution in [3.63, 3.8) is 0 Å². The van der Waals surface area contributed by atoms with Crippen LogP contribution in [0.1, 0.15) is 48.1 Å². The Labute approximate surface area is 233 Å². The fraction of sp³-hybridized carbons (Fsp3) is 0.300. The molecule has 0 saturated carbocycles. The van der Waals surface area contributed by atoms with E-state index in [0.29, 0.717) is 57.5 Å². The lowest BCUT2D eigenvalue weighted by Crippen LogP contribution is -2.41. The number of carbonyl (C=O) groups is 1. The lowest BCUT2D eigenvalue weighted by atomic mass is 10.1. The second-order valence-electron chi connectivity index (χ2n) is 9.50. The van der Waals surface area contributed by atoms with E-state index in [4.69, 9.17) is 28.2 Å². The topological polar surface area (TPSA) is 58.4 Å². The van der Waals surface area contributed by atoms with Crippen LogP contribution in [-0.2, 0) is 6.42 Å². The number of para-hydroxylation sites is 1. The molecule has 4 rings (SSSR count). The fourth-order valence-corrected chi connectivity index (χ4v) is 4.85. The Morgan fingerprint density at radius 2 is 1.66 bits per heavy atom. The molecule has 0 aliphatic heterocycles. The number of aromatic nitrogens is 2. The molecule has 1 amide bonds. The summed E-state index contributed by atoms with van der Waals surface area (Å²) >= 11 is 12.4. The summed E-state index contributed by atoms with van der Waals surface area (Å²) in [6, 6.07) is 19.7. The minimum atomic E-state index is -0.472. The molecule has 4 aromatic rings. The van der Waals surface area contributed by atoms with Crippen molar-refractivity contribution >= 4 is 40.0 Å². The third-order valence-corrected chi connectivity index (χ3v) is 7.42. The maximum Gasteiger partial charge on any atom is 0.266 e. The highest BCUT2D eigenvalue weighted by molar-refractivity contribution is 6.42. The van der Waals surface area contributed by atoms with Crippen molar-refractivity contribution in [3.05, 3.63) is 104 Å². The second kappa shape index (κ2) is 12.1. The van der Waals surface area contributed by atoms with Crippen molar-refractivity contribution in [2.45, 2.75) is 32.7 Å². The smallest absolute Gasteiger partial charge is 0.266 e. The van der Waals surface area contributed by atoms with Crippen LogP contribution in [0.4, 0.5) is 0 Å². The minimum absolute atomic E-state index is 0.164. The summed E-state index contributed by atoms with van der Waals surface area (Å²) in [4.78, 5) is 36.7. The summed E-state index contributed by atoms with van der Waals surface area (Å²) in [5.41, 5.74) is 2.75. The summed E-state index contributed by atoms with van der Waals surface area (Å²) in [5, 5.41) is 1.23. The zero-order valence-electron chi connectivity index (χ0n) is 22.1. The molecule has 0 radical (unpaired) electrons. The molecular formula is C30H32Cl2N4O2. The molecule has 8 heteroatoms. The summed E-state index contributed by atoms with van der Waals surface area (Å²) < 4.78 is 1.65. The van der Waals surface area contributed by atoms with Crippen molar-refractivity contribution in [1.82, 2.24) is 19.4 Å². The van der Waals surface area contributed by atoms with E-state index in [2.05, 4.69) is 6.92 Å². The third-order valence-electron chi connectivity index (χ3n) is 6.68. The van der Waals surface area contributed by atoms with E-state index >= 15 is 0 Å². The average molecular weight is 552 g/mol. The van der Waals surface area contributed by atoms with Crippen molar-refractivity contribution in [3.8, 4) is 5.69 Å². The van der Waals surface area contributed by atoms with Crippen LogP contribution in [0.3, 0.4) is 0 Å². The van der Waals surface area contributed by atoms with Crippen LogP contribution in [0.15, 0.2) is 71.5 Å². The number of likely N-dealkylation sites (N-methyl/N-ethyl adjacent to an activating group) is 1. The molecule has 1 heterocycles. The molecule has 0 aliphatic carbocycles. The van der Waals surface area contributed by atoms with Gasteiger partial charge in [-0.25, -0.2) is 4.98 Å². The van der Waals surface area contributed by atoms with Crippen molar-refractivity contribution in [2.24, 2.45) is 0 Å². The van der Waals surface area contributed by atoms with E-state index in [0.717, 1.165) is 6.42 Å². The van der Waals surface area contributed by atoms with Gasteiger partial charge in [0.25, 0.3) is 11.5 Å². The monoisotopic (exact) mass is 550 g/mol. The first-order chi connectivity index (χ1) is 18.2. The molecule has 3 aromatic carbocycles. The van der Waals surface area contributed by atoms with Gasteiger partial charge in [-0.15, -0.1) is 0 Å². The number of benzene rings is 3. The number of rotatable bonds is 9. The standard InChI is InChI=1S/C30H32Cl2N4O2/c1-5-20-11-14-22(15-12-20)36-28(33-26-10-8-7-9-23(26)30(36)38)27(6-2)35(18-17-34(3)4)29(37)21-13-16-24(31)25(32)19-21/h7-16,19,27H,5-6,17-18H2,1-4H3. The Hall–Kier alpha value is -3.19. The fourth-order valence-electron chi connectivity index (χ4n) is 4.55. The lowest BCUT2D eigenvalue weighted by molar-refractivity contribution is 0.0644. The van der Waals surface area contributed by atoms with E-state index < -0.39 is 6.04 Å². The van der Waals surface area contributed by atoms with Crippen LogP contribution in [-0.4, -0.2) is 52.4 Å². The van der Waals surface area contributed by atoms with Gasteiger partial charge in [0.1, 0.15) is 5.82 Å². The number of aryl methyl sites for hydroxylation is 1. The average Bonchev–Trinajstić information content (AvgIpc) is 2.92. The highest BCUT2D eigenvalue weighted by Crippen LogP contribution is 2.29. The Balaban J connectivity index is 1.93. The zero-order valence-corrected chi connectivity index (χ0v) is 23.6. The van der Waals surface area contributed by atoms with Gasteiger partial charge >= 0.3 is 0 Å². The molecule has 6 nitrogen and oxygen atoms in total. The quantitative estimate of drug-likeness (QED) is 0.241. The largest absolute Gasteiger partial charge is 0.327 e. The summed E-state index contributed by atoms with van der Waals surface area (Å²) in [7, 11) is 3.92. The second-order valence-corrected chi connectivity index (χ2v) is 10.3. The van der Waals surface area contributed by atoms with E-state index in [-0.39, 0.29) is 11.5 Å². The number of hydrogen-bond donors (Lipinski definition) is 0. The predicted molar refractivity (Wildman–Crippen MR) is 156 cm³/mol. The number of fused-ring (bicyclic) bond motifs is 1. The van der Waals surface area contributed by atoms with Gasteiger partial charge < -0.3 is 9.80 Å². The molecule has 1 unspecified atom stereocenters. The molecule has 0 spiro atoms. The molecule has 0 fully saturated rings. The molecule has 1 aromatic heterocycles. The number of hydrogen-bond acceptors (Lipinski definition) is 4. The molecule has 198 valence electrons. The summed E-state index contributed by atoms with van der Waals surface area (Å²) in [6.07, 6.45) is 1.45. The highest BCUT2D eigenvalue weighted by Gasteiger charge is 2.30. The van der Waals surface area contributed by atoms with Crippen molar-refractivity contribution in [1.29, 1.82) is 0 Å². The third kappa shape index (κ3) is 5.78. The molecule has 0 saturated heterocycles. The zero-order chi connectivity index (χ0) is 27.4. The van der Waals surface area contributed by atoms with Gasteiger partial charge in [0.15, 0.2) is 0 Å². The number of nitrogens with zero attached hydrogens (tertiary/aromatic N) is 4. The SMILES string of the molecule is CCc1ccc(-n2c(C(CC)N(CCN(C)C)C(=O)c3ccc(Cl)c(Cl)c3)nc3ccccc3c2=O)cc1. The van der Waals surface area contributed by atoms with E-state index in [1.54, 1.807) is 33.7 Å². The van der Waals surface area contributed by atoms with E-state index in [1.165, 1.54) is 5.56 Å². The van der Waals surface area contributed by atoms with Crippen molar-refractivity contribution < 1.29 is 4.79 Å².